The highest BCUT2D eigenvalue weighted by molar-refractivity contribution is 4.99. The Morgan fingerprint density at radius 2 is 2.21 bits per heavy atom. The highest BCUT2D eigenvalue weighted by atomic mass is 16.5. The van der Waals surface area contributed by atoms with Crippen LogP contribution in [0.25, 0.3) is 0 Å². The molecule has 1 fully saturated rings. The van der Waals surface area contributed by atoms with Crippen molar-refractivity contribution in [1.29, 1.82) is 0 Å². The van der Waals surface area contributed by atoms with E-state index in [2.05, 4.69) is 10.1 Å². The first-order chi connectivity index (χ1) is 6.81. The lowest BCUT2D eigenvalue weighted by Crippen LogP contribution is -2.14. The Bertz CT molecular complexity index is 294. The summed E-state index contributed by atoms with van der Waals surface area (Å²) in [4.78, 5) is 4.20. The van der Waals surface area contributed by atoms with E-state index in [-0.39, 0.29) is 6.61 Å². The molecule has 78 valence electrons. The molecule has 14 heavy (non-hydrogen) atoms. The maximum Gasteiger partial charge on any atom is 0.245 e. The van der Waals surface area contributed by atoms with Gasteiger partial charge in [0.05, 0.1) is 6.61 Å². The molecule has 1 atom stereocenters. The van der Waals surface area contributed by atoms with Crippen LogP contribution in [-0.2, 0) is 0 Å². The minimum Gasteiger partial charge on any atom is -0.394 e. The molecular weight excluding hydrogens is 182 g/mol. The van der Waals surface area contributed by atoms with Crippen LogP contribution in [-0.4, -0.2) is 21.9 Å². The average Bonchev–Trinajstić information content (AvgIpc) is 2.86. The maximum atomic E-state index is 8.81. The second-order valence-electron chi connectivity index (χ2n) is 3.76. The van der Waals surface area contributed by atoms with E-state index >= 15 is 0 Å². The molecule has 0 aliphatic heterocycles. The van der Waals surface area contributed by atoms with Crippen molar-refractivity contribution in [3.8, 4) is 0 Å². The lowest BCUT2D eigenvalue weighted by molar-refractivity contribution is 0.236. The van der Waals surface area contributed by atoms with Gasteiger partial charge in [0.25, 0.3) is 0 Å². The summed E-state index contributed by atoms with van der Waals surface area (Å²) in [6.45, 7) is -0.160. The SMILES string of the molecule is N[C@H](CO)c1nc(C2CCCC2)no1. The molecule has 0 amide bonds. The Kier molecular flexibility index (Phi) is 2.79. The van der Waals surface area contributed by atoms with Crippen molar-refractivity contribution >= 4 is 0 Å². The lowest BCUT2D eigenvalue weighted by Gasteiger charge is -2.01. The van der Waals surface area contributed by atoms with Gasteiger partial charge in [-0.2, -0.15) is 4.98 Å². The van der Waals surface area contributed by atoms with E-state index in [0.717, 1.165) is 18.7 Å². The van der Waals surface area contributed by atoms with Crippen LogP contribution in [0.5, 0.6) is 0 Å². The fourth-order valence-electron chi connectivity index (χ4n) is 1.83. The molecule has 1 heterocycles. The number of aliphatic hydroxyl groups excluding tert-OH is 1. The molecule has 0 saturated heterocycles. The summed E-state index contributed by atoms with van der Waals surface area (Å²) in [5, 5.41) is 12.7. The summed E-state index contributed by atoms with van der Waals surface area (Å²) in [7, 11) is 0. The molecule has 0 aromatic carbocycles. The number of aliphatic hydroxyl groups is 1. The molecule has 0 radical (unpaired) electrons. The number of aromatic nitrogens is 2. The molecule has 5 nitrogen and oxygen atoms in total. The minimum absolute atomic E-state index is 0.160. The van der Waals surface area contributed by atoms with Crippen molar-refractivity contribution in [1.82, 2.24) is 10.1 Å². The van der Waals surface area contributed by atoms with E-state index in [9.17, 15) is 0 Å². The first kappa shape index (κ1) is 9.61. The smallest absolute Gasteiger partial charge is 0.245 e. The molecule has 5 heteroatoms. The molecule has 2 rings (SSSR count). The van der Waals surface area contributed by atoms with Gasteiger partial charge in [-0.05, 0) is 12.8 Å². The molecule has 3 N–H and O–H groups in total. The maximum absolute atomic E-state index is 8.81. The Balaban J connectivity index is 2.08. The lowest BCUT2D eigenvalue weighted by atomic mass is 10.1. The van der Waals surface area contributed by atoms with Gasteiger partial charge < -0.3 is 15.4 Å². The van der Waals surface area contributed by atoms with Crippen molar-refractivity contribution in [2.45, 2.75) is 37.6 Å². The summed E-state index contributed by atoms with van der Waals surface area (Å²) in [5.41, 5.74) is 5.56. The Morgan fingerprint density at radius 3 is 2.86 bits per heavy atom. The normalized spacial score (nSPS) is 20.1. The topological polar surface area (TPSA) is 85.2 Å². The molecule has 1 saturated carbocycles. The summed E-state index contributed by atoms with van der Waals surface area (Å²) < 4.78 is 4.98. The molecular formula is C9H15N3O2. The largest absolute Gasteiger partial charge is 0.394 e. The van der Waals surface area contributed by atoms with Crippen molar-refractivity contribution in [2.24, 2.45) is 5.73 Å². The first-order valence-corrected chi connectivity index (χ1v) is 5.01. The molecule has 0 unspecified atom stereocenters. The van der Waals surface area contributed by atoms with E-state index < -0.39 is 6.04 Å². The number of hydrogen-bond donors (Lipinski definition) is 2. The van der Waals surface area contributed by atoms with E-state index in [1.807, 2.05) is 0 Å². The number of rotatable bonds is 3. The third-order valence-corrected chi connectivity index (χ3v) is 2.69. The Labute approximate surface area is 82.3 Å². The molecule has 1 aliphatic rings. The fourth-order valence-corrected chi connectivity index (χ4v) is 1.83. The summed E-state index contributed by atoms with van der Waals surface area (Å²) in [5.74, 6) is 1.52. The van der Waals surface area contributed by atoms with Gasteiger partial charge in [0.2, 0.25) is 5.89 Å². The number of nitrogens with two attached hydrogens (primary N) is 1. The zero-order valence-corrected chi connectivity index (χ0v) is 8.02. The van der Waals surface area contributed by atoms with Gasteiger partial charge in [0.15, 0.2) is 5.82 Å². The monoisotopic (exact) mass is 197 g/mol. The second kappa shape index (κ2) is 4.06. The molecule has 1 aromatic heterocycles. The quantitative estimate of drug-likeness (QED) is 0.745. The fraction of sp³-hybridized carbons (Fsp3) is 0.778. The van der Waals surface area contributed by atoms with Gasteiger partial charge in [-0.25, -0.2) is 0 Å². The molecule has 0 spiro atoms. The second-order valence-corrected chi connectivity index (χ2v) is 3.76. The third-order valence-electron chi connectivity index (χ3n) is 2.69. The van der Waals surface area contributed by atoms with Crippen LogP contribution in [0, 0.1) is 0 Å². The standard InChI is InChI=1S/C9H15N3O2/c10-7(5-13)9-11-8(12-14-9)6-3-1-2-4-6/h6-7,13H,1-5,10H2/t7-/m1/s1. The average molecular weight is 197 g/mol. The molecule has 1 aromatic rings. The molecule has 0 bridgehead atoms. The third kappa shape index (κ3) is 1.78. The van der Waals surface area contributed by atoms with Gasteiger partial charge in [0, 0.05) is 5.92 Å². The van der Waals surface area contributed by atoms with E-state index in [1.54, 1.807) is 0 Å². The minimum atomic E-state index is -0.544. The Morgan fingerprint density at radius 1 is 1.50 bits per heavy atom. The van der Waals surface area contributed by atoms with Gasteiger partial charge in [-0.3, -0.25) is 0 Å². The predicted molar refractivity (Wildman–Crippen MR) is 49.5 cm³/mol. The van der Waals surface area contributed by atoms with E-state index in [4.69, 9.17) is 15.4 Å². The van der Waals surface area contributed by atoms with Crippen molar-refractivity contribution in [2.75, 3.05) is 6.61 Å². The highest BCUT2D eigenvalue weighted by Gasteiger charge is 2.23. The van der Waals surface area contributed by atoms with Crippen LogP contribution in [0.2, 0.25) is 0 Å². The van der Waals surface area contributed by atoms with Gasteiger partial charge in [-0.1, -0.05) is 18.0 Å². The zero-order valence-electron chi connectivity index (χ0n) is 8.02. The predicted octanol–water partition coefficient (Wildman–Crippen LogP) is 0.719. The summed E-state index contributed by atoms with van der Waals surface area (Å²) >= 11 is 0. The van der Waals surface area contributed by atoms with Crippen molar-refractivity contribution in [3.05, 3.63) is 11.7 Å². The van der Waals surface area contributed by atoms with Crippen LogP contribution in [0.15, 0.2) is 4.52 Å². The highest BCUT2D eigenvalue weighted by Crippen LogP contribution is 2.32. The van der Waals surface area contributed by atoms with Crippen molar-refractivity contribution in [3.63, 3.8) is 0 Å². The molecule has 1 aliphatic carbocycles. The Hall–Kier alpha value is -0.940. The number of hydrogen-bond acceptors (Lipinski definition) is 5. The first-order valence-electron chi connectivity index (χ1n) is 5.01. The van der Waals surface area contributed by atoms with E-state index in [1.165, 1.54) is 12.8 Å². The van der Waals surface area contributed by atoms with Crippen LogP contribution in [0.3, 0.4) is 0 Å². The van der Waals surface area contributed by atoms with Crippen LogP contribution < -0.4 is 5.73 Å². The number of nitrogens with zero attached hydrogens (tertiary/aromatic N) is 2. The van der Waals surface area contributed by atoms with Crippen LogP contribution >= 0.6 is 0 Å². The summed E-state index contributed by atoms with van der Waals surface area (Å²) in [6, 6.07) is -0.544. The van der Waals surface area contributed by atoms with Gasteiger partial charge in [0.1, 0.15) is 6.04 Å². The van der Waals surface area contributed by atoms with Gasteiger partial charge >= 0.3 is 0 Å². The van der Waals surface area contributed by atoms with Crippen LogP contribution in [0.1, 0.15) is 49.4 Å². The van der Waals surface area contributed by atoms with Crippen molar-refractivity contribution < 1.29 is 9.63 Å². The van der Waals surface area contributed by atoms with Gasteiger partial charge in [-0.15, -0.1) is 0 Å². The van der Waals surface area contributed by atoms with Crippen LogP contribution in [0.4, 0.5) is 0 Å². The van der Waals surface area contributed by atoms with E-state index in [0.29, 0.717) is 11.8 Å². The summed E-state index contributed by atoms with van der Waals surface area (Å²) in [6.07, 6.45) is 4.74. The zero-order chi connectivity index (χ0) is 9.97.